The summed E-state index contributed by atoms with van der Waals surface area (Å²) in [7, 11) is 0. The van der Waals surface area contributed by atoms with Gasteiger partial charge in [-0.2, -0.15) is 0 Å². The molecule has 1 aliphatic heterocycles. The quantitative estimate of drug-likeness (QED) is 0.846. The van der Waals surface area contributed by atoms with Crippen LogP contribution in [0.2, 0.25) is 0 Å². The summed E-state index contributed by atoms with van der Waals surface area (Å²) < 4.78 is 0. The van der Waals surface area contributed by atoms with Crippen molar-refractivity contribution in [1.82, 2.24) is 4.90 Å². The molecule has 114 valence electrons. The highest BCUT2D eigenvalue weighted by Gasteiger charge is 2.45. The molecule has 6 atom stereocenters. The minimum atomic E-state index is -0.807. The van der Waals surface area contributed by atoms with Gasteiger partial charge in [-0.05, 0) is 43.9 Å². The van der Waals surface area contributed by atoms with Gasteiger partial charge in [0, 0.05) is 12.6 Å². The van der Waals surface area contributed by atoms with Crippen LogP contribution in [0.4, 0.5) is 0 Å². The van der Waals surface area contributed by atoms with Crippen molar-refractivity contribution in [3.8, 4) is 0 Å². The zero-order chi connectivity index (χ0) is 15.0. The molecular weight excluding hydrogens is 254 g/mol. The van der Waals surface area contributed by atoms with Gasteiger partial charge in [-0.1, -0.05) is 20.8 Å². The lowest BCUT2D eigenvalue weighted by Gasteiger charge is -2.42. The average molecular weight is 281 g/mol. The highest BCUT2D eigenvalue weighted by molar-refractivity contribution is 5.85. The molecule has 6 unspecified atom stereocenters. The molecular formula is C16H27NO3. The number of rotatable bonds is 2. The monoisotopic (exact) mass is 281 g/mol. The molecule has 0 radical (unpaired) electrons. The Morgan fingerprint density at radius 2 is 1.55 bits per heavy atom. The first-order valence-corrected chi connectivity index (χ1v) is 7.84. The van der Waals surface area contributed by atoms with Crippen LogP contribution in [0.5, 0.6) is 0 Å². The second kappa shape index (κ2) is 5.74. The van der Waals surface area contributed by atoms with E-state index in [0.717, 1.165) is 19.4 Å². The fraction of sp³-hybridized carbons (Fsp3) is 0.875. The number of likely N-dealkylation sites (tertiary alicyclic amines) is 1. The molecule has 4 nitrogen and oxygen atoms in total. The second-order valence-electron chi connectivity index (χ2n) is 7.18. The van der Waals surface area contributed by atoms with Gasteiger partial charge in [0.05, 0.1) is 11.8 Å². The Morgan fingerprint density at radius 3 is 2.15 bits per heavy atom. The summed E-state index contributed by atoms with van der Waals surface area (Å²) in [6, 6.07) is 0.226. The molecule has 2 aliphatic rings. The van der Waals surface area contributed by atoms with E-state index in [2.05, 4.69) is 20.8 Å². The van der Waals surface area contributed by atoms with Crippen LogP contribution in [0.15, 0.2) is 0 Å². The molecule has 20 heavy (non-hydrogen) atoms. The third kappa shape index (κ3) is 2.84. The zero-order valence-electron chi connectivity index (χ0n) is 13.0. The molecule has 0 aromatic carbocycles. The van der Waals surface area contributed by atoms with E-state index < -0.39 is 11.9 Å². The molecule has 2 rings (SSSR count). The number of piperidine rings is 1. The maximum atomic E-state index is 12.8. The van der Waals surface area contributed by atoms with Crippen molar-refractivity contribution in [2.45, 2.75) is 53.0 Å². The zero-order valence-corrected chi connectivity index (χ0v) is 13.0. The van der Waals surface area contributed by atoms with E-state index in [9.17, 15) is 14.7 Å². The Balaban J connectivity index is 2.15. The Kier molecular flexibility index (Phi) is 4.40. The Morgan fingerprint density at radius 1 is 0.950 bits per heavy atom. The average Bonchev–Trinajstić information content (AvgIpc) is 2.75. The summed E-state index contributed by atoms with van der Waals surface area (Å²) in [6.07, 6.45) is 2.51. The molecule has 1 amide bonds. The van der Waals surface area contributed by atoms with E-state index >= 15 is 0 Å². The molecule has 1 heterocycles. The third-order valence-electron chi connectivity index (χ3n) is 5.31. The van der Waals surface area contributed by atoms with Crippen LogP contribution in [0.25, 0.3) is 0 Å². The minimum absolute atomic E-state index is 0.0765. The van der Waals surface area contributed by atoms with Gasteiger partial charge < -0.3 is 10.0 Å². The molecule has 1 saturated carbocycles. The van der Waals surface area contributed by atoms with E-state index in [0.29, 0.717) is 24.2 Å². The molecule has 1 saturated heterocycles. The number of carboxylic acids is 1. The van der Waals surface area contributed by atoms with Gasteiger partial charge in [0.2, 0.25) is 5.91 Å². The highest BCUT2D eigenvalue weighted by Crippen LogP contribution is 2.39. The number of carbonyl (C=O) groups is 2. The van der Waals surface area contributed by atoms with E-state index in [4.69, 9.17) is 0 Å². The molecule has 0 aromatic heterocycles. The summed E-state index contributed by atoms with van der Waals surface area (Å²) in [4.78, 5) is 26.2. The molecule has 4 heteroatoms. The van der Waals surface area contributed by atoms with E-state index in [1.807, 2.05) is 11.8 Å². The highest BCUT2D eigenvalue weighted by atomic mass is 16.4. The summed E-state index contributed by atoms with van der Waals surface area (Å²) in [6.45, 7) is 9.29. The number of aliphatic carboxylic acids is 1. The second-order valence-corrected chi connectivity index (χ2v) is 7.18. The SMILES string of the molecule is CC1CC(C(=O)O)C(C(=O)N2CC(C)CC(C)C2C)C1. The number of amides is 1. The van der Waals surface area contributed by atoms with E-state index in [1.165, 1.54) is 0 Å². The van der Waals surface area contributed by atoms with Crippen molar-refractivity contribution < 1.29 is 14.7 Å². The molecule has 1 N–H and O–H groups in total. The molecule has 1 aliphatic carbocycles. The first-order chi connectivity index (χ1) is 9.31. The summed E-state index contributed by atoms with van der Waals surface area (Å²) in [5.41, 5.74) is 0. The number of carbonyl (C=O) groups excluding carboxylic acids is 1. The van der Waals surface area contributed by atoms with Crippen LogP contribution in [-0.2, 0) is 9.59 Å². The van der Waals surface area contributed by atoms with Crippen molar-refractivity contribution in [3.05, 3.63) is 0 Å². The van der Waals surface area contributed by atoms with Crippen LogP contribution in [0.1, 0.15) is 47.0 Å². The third-order valence-corrected chi connectivity index (χ3v) is 5.31. The fourth-order valence-corrected chi connectivity index (χ4v) is 4.06. The predicted octanol–water partition coefficient (Wildman–Crippen LogP) is 2.63. The summed E-state index contributed by atoms with van der Waals surface area (Å²) >= 11 is 0. The van der Waals surface area contributed by atoms with Gasteiger partial charge in [-0.25, -0.2) is 0 Å². The lowest BCUT2D eigenvalue weighted by atomic mass is 9.84. The fourth-order valence-electron chi connectivity index (χ4n) is 4.06. The molecule has 0 bridgehead atoms. The Hall–Kier alpha value is -1.06. The molecule has 2 fully saturated rings. The van der Waals surface area contributed by atoms with Crippen molar-refractivity contribution in [2.75, 3.05) is 6.54 Å². The van der Waals surface area contributed by atoms with Gasteiger partial charge in [-0.3, -0.25) is 9.59 Å². The smallest absolute Gasteiger partial charge is 0.307 e. The van der Waals surface area contributed by atoms with Crippen molar-refractivity contribution in [1.29, 1.82) is 0 Å². The topological polar surface area (TPSA) is 57.6 Å². The van der Waals surface area contributed by atoms with Gasteiger partial charge in [0.25, 0.3) is 0 Å². The summed E-state index contributed by atoms with van der Waals surface area (Å²) in [5, 5.41) is 9.35. The standard InChI is InChI=1S/C16H27NO3/c1-9-6-13(14(7-9)16(19)20)15(18)17-8-10(2)5-11(3)12(17)4/h9-14H,5-8H2,1-4H3,(H,19,20). The van der Waals surface area contributed by atoms with Gasteiger partial charge in [0.1, 0.15) is 0 Å². The van der Waals surface area contributed by atoms with E-state index in [1.54, 1.807) is 0 Å². The lowest BCUT2D eigenvalue weighted by Crippen LogP contribution is -2.51. The van der Waals surface area contributed by atoms with Gasteiger partial charge >= 0.3 is 5.97 Å². The first-order valence-electron chi connectivity index (χ1n) is 7.84. The largest absolute Gasteiger partial charge is 0.481 e. The lowest BCUT2D eigenvalue weighted by molar-refractivity contribution is -0.151. The van der Waals surface area contributed by atoms with Crippen LogP contribution in [0, 0.1) is 29.6 Å². The first kappa shape index (κ1) is 15.3. The summed E-state index contributed by atoms with van der Waals surface area (Å²) in [5.74, 6) is -0.206. The van der Waals surface area contributed by atoms with Crippen molar-refractivity contribution in [3.63, 3.8) is 0 Å². The van der Waals surface area contributed by atoms with Crippen molar-refractivity contribution >= 4 is 11.9 Å². The van der Waals surface area contributed by atoms with E-state index in [-0.39, 0.29) is 17.9 Å². The number of carboxylic acid groups (broad SMARTS) is 1. The molecule has 0 spiro atoms. The van der Waals surface area contributed by atoms with Crippen molar-refractivity contribution in [2.24, 2.45) is 29.6 Å². The number of hydrogen-bond acceptors (Lipinski definition) is 2. The number of hydrogen-bond donors (Lipinski definition) is 1. The van der Waals surface area contributed by atoms with Gasteiger partial charge in [-0.15, -0.1) is 0 Å². The normalized spacial score (nSPS) is 41.7. The van der Waals surface area contributed by atoms with Gasteiger partial charge in [0.15, 0.2) is 0 Å². The Bertz CT molecular complexity index is 395. The predicted molar refractivity (Wildman–Crippen MR) is 77.1 cm³/mol. The van der Waals surface area contributed by atoms with Crippen LogP contribution in [0.3, 0.4) is 0 Å². The number of nitrogens with zero attached hydrogens (tertiary/aromatic N) is 1. The Labute approximate surface area is 121 Å². The van der Waals surface area contributed by atoms with Crippen LogP contribution in [-0.4, -0.2) is 34.5 Å². The van der Waals surface area contributed by atoms with Crippen LogP contribution < -0.4 is 0 Å². The molecule has 0 aromatic rings. The maximum absolute atomic E-state index is 12.8. The van der Waals surface area contributed by atoms with Crippen LogP contribution >= 0.6 is 0 Å². The minimum Gasteiger partial charge on any atom is -0.481 e. The maximum Gasteiger partial charge on any atom is 0.307 e.